The fraction of sp³-hybridized carbons (Fsp3) is 0.455. The van der Waals surface area contributed by atoms with E-state index in [2.05, 4.69) is 0 Å². The molecule has 0 aliphatic carbocycles. The summed E-state index contributed by atoms with van der Waals surface area (Å²) in [6.45, 7) is 1.13. The van der Waals surface area contributed by atoms with Gasteiger partial charge in [0.05, 0.1) is 6.10 Å². The highest BCUT2D eigenvalue weighted by atomic mass is 19.2. The molecule has 0 radical (unpaired) electrons. The van der Waals surface area contributed by atoms with E-state index in [0.717, 1.165) is 12.5 Å². The Labute approximate surface area is 87.0 Å². The summed E-state index contributed by atoms with van der Waals surface area (Å²) in [4.78, 5) is 0. The Hall–Kier alpha value is -1.00. The third-order valence-electron chi connectivity index (χ3n) is 2.79. The zero-order chi connectivity index (χ0) is 10.8. The zero-order valence-corrected chi connectivity index (χ0v) is 8.25. The van der Waals surface area contributed by atoms with Crippen molar-refractivity contribution < 1.29 is 13.5 Å². The summed E-state index contributed by atoms with van der Waals surface area (Å²) in [7, 11) is 0. The quantitative estimate of drug-likeness (QED) is 0.815. The summed E-state index contributed by atoms with van der Waals surface area (Å²) in [5.41, 5.74) is 6.25. The normalized spacial score (nSPS) is 25.8. The molecule has 1 saturated heterocycles. The van der Waals surface area contributed by atoms with Gasteiger partial charge in [-0.15, -0.1) is 0 Å². The van der Waals surface area contributed by atoms with E-state index in [1.807, 2.05) is 0 Å². The molecule has 1 heterocycles. The zero-order valence-electron chi connectivity index (χ0n) is 8.25. The van der Waals surface area contributed by atoms with E-state index in [1.165, 1.54) is 6.07 Å². The van der Waals surface area contributed by atoms with Gasteiger partial charge in [0.1, 0.15) is 0 Å². The number of nitrogens with two attached hydrogens (primary N) is 1. The van der Waals surface area contributed by atoms with Gasteiger partial charge in [0.25, 0.3) is 0 Å². The summed E-state index contributed by atoms with van der Waals surface area (Å²) >= 11 is 0. The summed E-state index contributed by atoms with van der Waals surface area (Å²) in [5, 5.41) is 0. The van der Waals surface area contributed by atoms with Gasteiger partial charge in [-0.1, -0.05) is 6.07 Å². The molecule has 2 unspecified atom stereocenters. The largest absolute Gasteiger partial charge is 0.373 e. The second-order valence-corrected chi connectivity index (χ2v) is 3.75. The monoisotopic (exact) mass is 213 g/mol. The Morgan fingerprint density at radius 2 is 2.13 bits per heavy atom. The molecule has 0 saturated carbocycles. The number of ether oxygens (including phenoxy) is 1. The predicted octanol–water partition coefficient (Wildman–Crippen LogP) is 2.00. The number of hydrogen-bond acceptors (Lipinski definition) is 2. The van der Waals surface area contributed by atoms with Crippen molar-refractivity contribution >= 4 is 0 Å². The lowest BCUT2D eigenvalue weighted by Crippen LogP contribution is -2.18. The first-order valence-corrected chi connectivity index (χ1v) is 4.99. The SMILES string of the molecule is NCC1CCOC1c1ccc(F)c(F)c1. The van der Waals surface area contributed by atoms with Gasteiger partial charge >= 0.3 is 0 Å². The van der Waals surface area contributed by atoms with Crippen molar-refractivity contribution in [2.45, 2.75) is 12.5 Å². The topological polar surface area (TPSA) is 35.2 Å². The van der Waals surface area contributed by atoms with Crippen molar-refractivity contribution in [1.82, 2.24) is 0 Å². The van der Waals surface area contributed by atoms with Crippen LogP contribution in [-0.2, 0) is 4.74 Å². The minimum Gasteiger partial charge on any atom is -0.373 e. The fourth-order valence-electron chi connectivity index (χ4n) is 1.93. The minimum atomic E-state index is -0.834. The predicted molar refractivity (Wildman–Crippen MR) is 52.2 cm³/mol. The first kappa shape index (κ1) is 10.5. The summed E-state index contributed by atoms with van der Waals surface area (Å²) < 4.78 is 31.2. The van der Waals surface area contributed by atoms with Crippen LogP contribution in [0.2, 0.25) is 0 Å². The maximum absolute atomic E-state index is 13.0. The molecule has 1 fully saturated rings. The second kappa shape index (κ2) is 4.24. The molecule has 2 atom stereocenters. The molecule has 1 aliphatic heterocycles. The third-order valence-corrected chi connectivity index (χ3v) is 2.79. The maximum Gasteiger partial charge on any atom is 0.159 e. The Balaban J connectivity index is 2.25. The van der Waals surface area contributed by atoms with Gasteiger partial charge in [-0.3, -0.25) is 0 Å². The Bertz CT molecular complexity index is 356. The first-order valence-electron chi connectivity index (χ1n) is 4.99. The van der Waals surface area contributed by atoms with Crippen LogP contribution in [0.3, 0.4) is 0 Å². The molecule has 4 heteroatoms. The van der Waals surface area contributed by atoms with Crippen LogP contribution >= 0.6 is 0 Å². The van der Waals surface area contributed by atoms with Crippen molar-refractivity contribution in [3.63, 3.8) is 0 Å². The van der Waals surface area contributed by atoms with Crippen LogP contribution in [0, 0.1) is 17.6 Å². The van der Waals surface area contributed by atoms with Crippen LogP contribution in [-0.4, -0.2) is 13.2 Å². The van der Waals surface area contributed by atoms with Crippen LogP contribution in [0.5, 0.6) is 0 Å². The van der Waals surface area contributed by atoms with E-state index in [9.17, 15) is 8.78 Å². The molecule has 15 heavy (non-hydrogen) atoms. The van der Waals surface area contributed by atoms with E-state index in [-0.39, 0.29) is 12.0 Å². The van der Waals surface area contributed by atoms with Gasteiger partial charge in [-0.25, -0.2) is 8.78 Å². The molecule has 2 nitrogen and oxygen atoms in total. The van der Waals surface area contributed by atoms with Crippen molar-refractivity contribution in [3.05, 3.63) is 35.4 Å². The summed E-state index contributed by atoms with van der Waals surface area (Å²) in [5.74, 6) is -1.46. The Morgan fingerprint density at radius 1 is 1.33 bits per heavy atom. The summed E-state index contributed by atoms with van der Waals surface area (Å²) in [6, 6.07) is 3.87. The maximum atomic E-state index is 13.0. The molecule has 2 rings (SSSR count). The average molecular weight is 213 g/mol. The number of benzene rings is 1. The highest BCUT2D eigenvalue weighted by molar-refractivity contribution is 5.21. The first-order chi connectivity index (χ1) is 7.22. The van der Waals surface area contributed by atoms with E-state index in [0.29, 0.717) is 18.7 Å². The van der Waals surface area contributed by atoms with E-state index >= 15 is 0 Å². The van der Waals surface area contributed by atoms with Crippen molar-refractivity contribution in [3.8, 4) is 0 Å². The van der Waals surface area contributed by atoms with Crippen molar-refractivity contribution in [2.24, 2.45) is 11.7 Å². The van der Waals surface area contributed by atoms with Crippen LogP contribution in [0.1, 0.15) is 18.1 Å². The van der Waals surface area contributed by atoms with Gasteiger partial charge in [0, 0.05) is 12.5 Å². The van der Waals surface area contributed by atoms with Crippen LogP contribution in [0.4, 0.5) is 8.78 Å². The average Bonchev–Trinajstić information content (AvgIpc) is 2.70. The molecule has 0 amide bonds. The van der Waals surface area contributed by atoms with E-state index < -0.39 is 11.6 Å². The van der Waals surface area contributed by atoms with Gasteiger partial charge < -0.3 is 10.5 Å². The molecule has 1 aromatic rings. The summed E-state index contributed by atoms with van der Waals surface area (Å²) in [6.07, 6.45) is 0.685. The van der Waals surface area contributed by atoms with Crippen molar-refractivity contribution in [2.75, 3.05) is 13.2 Å². The van der Waals surface area contributed by atoms with Crippen LogP contribution in [0.25, 0.3) is 0 Å². The standard InChI is InChI=1S/C11H13F2NO/c12-9-2-1-7(5-10(9)13)11-8(6-14)3-4-15-11/h1-2,5,8,11H,3-4,6,14H2. The van der Waals surface area contributed by atoms with Crippen LogP contribution in [0.15, 0.2) is 18.2 Å². The second-order valence-electron chi connectivity index (χ2n) is 3.75. The smallest absolute Gasteiger partial charge is 0.159 e. The van der Waals surface area contributed by atoms with Crippen LogP contribution < -0.4 is 5.73 Å². The number of rotatable bonds is 2. The number of halogens is 2. The van der Waals surface area contributed by atoms with Gasteiger partial charge in [-0.05, 0) is 30.7 Å². The molecule has 0 spiro atoms. The van der Waals surface area contributed by atoms with Crippen molar-refractivity contribution in [1.29, 1.82) is 0 Å². The Morgan fingerprint density at radius 3 is 2.80 bits per heavy atom. The van der Waals surface area contributed by atoms with Gasteiger partial charge in [0.2, 0.25) is 0 Å². The van der Waals surface area contributed by atoms with E-state index in [4.69, 9.17) is 10.5 Å². The Kier molecular flexibility index (Phi) is 2.98. The lowest BCUT2D eigenvalue weighted by molar-refractivity contribution is 0.0921. The van der Waals surface area contributed by atoms with E-state index in [1.54, 1.807) is 6.07 Å². The van der Waals surface area contributed by atoms with Gasteiger partial charge in [-0.2, -0.15) is 0 Å². The van der Waals surface area contributed by atoms with Gasteiger partial charge in [0.15, 0.2) is 11.6 Å². The molecular weight excluding hydrogens is 200 g/mol. The fourth-order valence-corrected chi connectivity index (χ4v) is 1.93. The molecule has 1 aromatic carbocycles. The molecule has 0 aromatic heterocycles. The number of hydrogen-bond donors (Lipinski definition) is 1. The molecule has 0 bridgehead atoms. The molecule has 82 valence electrons. The lowest BCUT2D eigenvalue weighted by Gasteiger charge is -2.17. The minimum absolute atomic E-state index is 0.190. The highest BCUT2D eigenvalue weighted by Gasteiger charge is 2.28. The molecule has 1 aliphatic rings. The third kappa shape index (κ3) is 2.01. The molecule has 2 N–H and O–H groups in total. The molecular formula is C11H13F2NO. The highest BCUT2D eigenvalue weighted by Crippen LogP contribution is 2.34. The lowest BCUT2D eigenvalue weighted by atomic mass is 9.95.